The second kappa shape index (κ2) is 4.40. The topological polar surface area (TPSA) is 59.3 Å². The van der Waals surface area contributed by atoms with Crippen LogP contribution < -0.4 is 5.56 Å². The summed E-state index contributed by atoms with van der Waals surface area (Å²) in [5, 5.41) is 8.76. The molecule has 7 heteroatoms. The van der Waals surface area contributed by atoms with Gasteiger partial charge in [-0.3, -0.25) is 9.59 Å². The highest BCUT2D eigenvalue weighted by molar-refractivity contribution is 5.68. The lowest BCUT2D eigenvalue weighted by Crippen LogP contribution is -2.31. The second-order valence-electron chi connectivity index (χ2n) is 4.90. The van der Waals surface area contributed by atoms with E-state index < -0.39 is 28.8 Å². The predicted octanol–water partition coefficient (Wildman–Crippen LogP) is 2.12. The van der Waals surface area contributed by atoms with Gasteiger partial charge >= 0.3 is 12.1 Å². The third-order valence-corrected chi connectivity index (χ3v) is 3.32. The first-order valence-corrected chi connectivity index (χ1v) is 5.72. The van der Waals surface area contributed by atoms with Crippen molar-refractivity contribution in [2.75, 3.05) is 0 Å². The molecule has 1 aliphatic rings. The summed E-state index contributed by atoms with van der Waals surface area (Å²) >= 11 is 0. The van der Waals surface area contributed by atoms with Gasteiger partial charge in [0.15, 0.2) is 0 Å². The maximum absolute atomic E-state index is 12.8. The Labute approximate surface area is 106 Å². The highest BCUT2D eigenvalue weighted by Crippen LogP contribution is 2.50. The number of carbonyl (C=O) groups is 1. The van der Waals surface area contributed by atoms with Crippen molar-refractivity contribution in [3.05, 3.63) is 34.2 Å². The van der Waals surface area contributed by atoms with Crippen LogP contribution in [-0.4, -0.2) is 15.6 Å². The second-order valence-corrected chi connectivity index (χ2v) is 4.90. The maximum Gasteiger partial charge on any atom is 0.431 e. The fraction of sp³-hybridized carbons (Fsp3) is 0.500. The lowest BCUT2D eigenvalue weighted by Gasteiger charge is -2.19. The molecule has 1 heterocycles. The summed E-state index contributed by atoms with van der Waals surface area (Å²) in [7, 11) is 0. The van der Waals surface area contributed by atoms with Crippen molar-refractivity contribution < 1.29 is 23.1 Å². The van der Waals surface area contributed by atoms with Crippen molar-refractivity contribution in [1.29, 1.82) is 0 Å². The summed E-state index contributed by atoms with van der Waals surface area (Å²) < 4.78 is 39.1. The molecule has 104 valence electrons. The molecule has 0 bridgehead atoms. The third kappa shape index (κ3) is 2.97. The van der Waals surface area contributed by atoms with E-state index in [2.05, 4.69) is 0 Å². The predicted molar refractivity (Wildman–Crippen MR) is 59.6 cm³/mol. The minimum absolute atomic E-state index is 0.201. The molecule has 1 aromatic heterocycles. The maximum atomic E-state index is 12.8. The van der Waals surface area contributed by atoms with Gasteiger partial charge in [-0.15, -0.1) is 0 Å². The minimum atomic E-state index is -4.63. The van der Waals surface area contributed by atoms with Gasteiger partial charge in [0.05, 0.1) is 6.42 Å². The van der Waals surface area contributed by atoms with Crippen molar-refractivity contribution >= 4 is 5.97 Å². The smallest absolute Gasteiger partial charge is 0.431 e. The van der Waals surface area contributed by atoms with Crippen LogP contribution in [0, 0.1) is 5.41 Å². The van der Waals surface area contributed by atoms with Crippen molar-refractivity contribution in [2.45, 2.75) is 32.0 Å². The SMILES string of the molecule is O=C(O)CC1(Cn2c(C(F)(F)F)cccc2=O)CC1. The van der Waals surface area contributed by atoms with Gasteiger partial charge in [-0.05, 0) is 24.3 Å². The first-order valence-electron chi connectivity index (χ1n) is 5.72. The lowest BCUT2D eigenvalue weighted by molar-refractivity contribution is -0.144. The van der Waals surface area contributed by atoms with Crippen LogP contribution in [0.1, 0.15) is 25.0 Å². The molecule has 0 aromatic carbocycles. The van der Waals surface area contributed by atoms with Crippen molar-refractivity contribution in [3.63, 3.8) is 0 Å². The molecule has 1 saturated carbocycles. The number of carboxylic acids is 1. The number of nitrogens with zero attached hydrogens (tertiary/aromatic N) is 1. The Morgan fingerprint density at radius 3 is 2.47 bits per heavy atom. The first-order chi connectivity index (χ1) is 8.73. The Hall–Kier alpha value is -1.79. The summed E-state index contributed by atoms with van der Waals surface area (Å²) in [5.74, 6) is -1.06. The van der Waals surface area contributed by atoms with E-state index in [4.69, 9.17) is 5.11 Å². The van der Waals surface area contributed by atoms with Crippen LogP contribution >= 0.6 is 0 Å². The zero-order valence-electron chi connectivity index (χ0n) is 9.91. The monoisotopic (exact) mass is 275 g/mol. The van der Waals surface area contributed by atoms with Crippen LogP contribution in [0.4, 0.5) is 13.2 Å². The van der Waals surface area contributed by atoms with Gasteiger partial charge in [-0.25, -0.2) is 0 Å². The molecule has 1 fully saturated rings. The van der Waals surface area contributed by atoms with Crippen LogP contribution in [0.5, 0.6) is 0 Å². The molecule has 0 spiro atoms. The van der Waals surface area contributed by atoms with E-state index in [0.717, 1.165) is 18.2 Å². The number of rotatable bonds is 4. The van der Waals surface area contributed by atoms with E-state index in [0.29, 0.717) is 17.4 Å². The molecular weight excluding hydrogens is 263 g/mol. The van der Waals surface area contributed by atoms with Gasteiger partial charge in [-0.2, -0.15) is 13.2 Å². The number of halogens is 3. The largest absolute Gasteiger partial charge is 0.481 e. The summed E-state index contributed by atoms with van der Waals surface area (Å²) in [6.45, 7) is -0.201. The number of hydrogen-bond acceptors (Lipinski definition) is 2. The number of hydrogen-bond donors (Lipinski definition) is 1. The number of alkyl halides is 3. The zero-order chi connectivity index (χ0) is 14.3. The standard InChI is InChI=1S/C12H12F3NO3/c13-12(14,15)8-2-1-3-9(17)16(8)7-11(4-5-11)6-10(18)19/h1-3H,4-7H2,(H,18,19). The molecule has 1 N–H and O–H groups in total. The Kier molecular flexibility index (Phi) is 3.15. The van der Waals surface area contributed by atoms with E-state index in [1.165, 1.54) is 0 Å². The molecule has 0 unspecified atom stereocenters. The molecule has 0 atom stereocenters. The zero-order valence-corrected chi connectivity index (χ0v) is 9.91. The number of pyridine rings is 1. The van der Waals surface area contributed by atoms with Crippen molar-refractivity contribution in [1.82, 2.24) is 4.57 Å². The molecule has 0 aliphatic heterocycles. The molecule has 1 aromatic rings. The average molecular weight is 275 g/mol. The summed E-state index contributed by atoms with van der Waals surface area (Å²) in [4.78, 5) is 22.3. The molecule has 1 aliphatic carbocycles. The fourth-order valence-electron chi connectivity index (χ4n) is 2.15. The Balaban J connectivity index is 2.35. The van der Waals surface area contributed by atoms with Gasteiger partial charge in [0.2, 0.25) is 0 Å². The summed E-state index contributed by atoms with van der Waals surface area (Å²) in [6, 6.07) is 2.93. The van der Waals surface area contributed by atoms with Crippen LogP contribution in [-0.2, 0) is 17.5 Å². The quantitative estimate of drug-likeness (QED) is 0.915. The summed E-state index contributed by atoms with van der Waals surface area (Å²) in [6.07, 6.45) is -3.79. The highest BCUT2D eigenvalue weighted by Gasteiger charge is 2.46. The van der Waals surface area contributed by atoms with Gasteiger partial charge in [0.1, 0.15) is 5.69 Å². The van der Waals surface area contributed by atoms with E-state index in [1.54, 1.807) is 0 Å². The molecular formula is C12H12F3NO3. The van der Waals surface area contributed by atoms with E-state index in [9.17, 15) is 22.8 Å². The fourth-order valence-corrected chi connectivity index (χ4v) is 2.15. The molecule has 2 rings (SSSR count). The number of carboxylic acid groups (broad SMARTS) is 1. The van der Waals surface area contributed by atoms with Crippen molar-refractivity contribution in [3.8, 4) is 0 Å². The molecule has 19 heavy (non-hydrogen) atoms. The van der Waals surface area contributed by atoms with Crippen molar-refractivity contribution in [2.24, 2.45) is 5.41 Å². The Morgan fingerprint density at radius 1 is 1.37 bits per heavy atom. The molecule has 0 amide bonds. The molecule has 4 nitrogen and oxygen atoms in total. The van der Waals surface area contributed by atoms with E-state index in [-0.39, 0.29) is 13.0 Å². The number of aliphatic carboxylic acids is 1. The van der Waals surface area contributed by atoms with Crippen LogP contribution in [0.25, 0.3) is 0 Å². The van der Waals surface area contributed by atoms with Gasteiger partial charge in [0.25, 0.3) is 5.56 Å². The van der Waals surface area contributed by atoms with Gasteiger partial charge in [0, 0.05) is 12.6 Å². The van der Waals surface area contributed by atoms with E-state index in [1.807, 2.05) is 0 Å². The lowest BCUT2D eigenvalue weighted by atomic mass is 10.0. The number of aromatic nitrogens is 1. The minimum Gasteiger partial charge on any atom is -0.481 e. The normalized spacial score (nSPS) is 17.2. The van der Waals surface area contributed by atoms with Crippen LogP contribution in [0.3, 0.4) is 0 Å². The average Bonchev–Trinajstić information content (AvgIpc) is 2.98. The summed E-state index contributed by atoms with van der Waals surface area (Å²) in [5.41, 5.74) is -2.50. The van der Waals surface area contributed by atoms with Gasteiger partial charge in [-0.1, -0.05) is 6.07 Å². The highest BCUT2D eigenvalue weighted by atomic mass is 19.4. The molecule has 0 saturated heterocycles. The van der Waals surface area contributed by atoms with Gasteiger partial charge < -0.3 is 9.67 Å². The Bertz CT molecular complexity index is 558. The Morgan fingerprint density at radius 2 is 2.00 bits per heavy atom. The molecule has 0 radical (unpaired) electrons. The first kappa shape index (κ1) is 13.6. The van der Waals surface area contributed by atoms with E-state index >= 15 is 0 Å². The van der Waals surface area contributed by atoms with Crippen LogP contribution in [0.15, 0.2) is 23.0 Å². The third-order valence-electron chi connectivity index (χ3n) is 3.32. The van der Waals surface area contributed by atoms with Crippen LogP contribution in [0.2, 0.25) is 0 Å².